The van der Waals surface area contributed by atoms with Crippen molar-refractivity contribution >= 4 is 23.1 Å². The van der Waals surface area contributed by atoms with Crippen molar-refractivity contribution in [2.24, 2.45) is 0 Å². The zero-order valence-corrected chi connectivity index (χ0v) is 11.8. The van der Waals surface area contributed by atoms with Crippen molar-refractivity contribution in [1.82, 2.24) is 5.32 Å². The van der Waals surface area contributed by atoms with Crippen LogP contribution in [-0.2, 0) is 6.54 Å². The second-order valence-corrected chi connectivity index (χ2v) is 6.96. The molecule has 1 N–H and O–H groups in total. The summed E-state index contributed by atoms with van der Waals surface area (Å²) in [6, 6.07) is 2.96. The standard InChI is InChI=1S/C13H21NS2/c1-3-15-12-6-4-5-11(12)14-9-13-10(2)7-8-16-13/h7-8,11-12,14H,3-6,9H2,1-2H3. The number of hydrogen-bond donors (Lipinski definition) is 1. The molecule has 2 rings (SSSR count). The van der Waals surface area contributed by atoms with E-state index >= 15 is 0 Å². The lowest BCUT2D eigenvalue weighted by atomic mass is 10.2. The largest absolute Gasteiger partial charge is 0.308 e. The third-order valence-corrected chi connectivity index (χ3v) is 5.67. The highest BCUT2D eigenvalue weighted by Gasteiger charge is 2.26. The van der Waals surface area contributed by atoms with E-state index in [4.69, 9.17) is 0 Å². The number of thiophene rings is 1. The molecule has 0 saturated heterocycles. The second kappa shape index (κ2) is 6.08. The van der Waals surface area contributed by atoms with Gasteiger partial charge in [0, 0.05) is 22.7 Å². The predicted octanol–water partition coefficient (Wildman–Crippen LogP) is 3.82. The van der Waals surface area contributed by atoms with Gasteiger partial charge < -0.3 is 5.32 Å². The van der Waals surface area contributed by atoms with Crippen molar-refractivity contribution in [3.05, 3.63) is 21.9 Å². The normalized spacial score (nSPS) is 25.1. The van der Waals surface area contributed by atoms with E-state index < -0.39 is 0 Å². The van der Waals surface area contributed by atoms with Gasteiger partial charge >= 0.3 is 0 Å². The quantitative estimate of drug-likeness (QED) is 0.858. The molecule has 2 unspecified atom stereocenters. The summed E-state index contributed by atoms with van der Waals surface area (Å²) in [5, 5.41) is 6.80. The Morgan fingerprint density at radius 1 is 1.50 bits per heavy atom. The Morgan fingerprint density at radius 3 is 3.06 bits per heavy atom. The molecule has 1 aromatic rings. The lowest BCUT2D eigenvalue weighted by Gasteiger charge is -2.20. The van der Waals surface area contributed by atoms with E-state index in [-0.39, 0.29) is 0 Å². The van der Waals surface area contributed by atoms with Crippen molar-refractivity contribution in [1.29, 1.82) is 0 Å². The summed E-state index contributed by atoms with van der Waals surface area (Å²) >= 11 is 4.01. The Hall–Kier alpha value is 0.0100. The first kappa shape index (κ1) is 12.5. The summed E-state index contributed by atoms with van der Waals surface area (Å²) in [6.45, 7) is 5.54. The van der Waals surface area contributed by atoms with E-state index in [9.17, 15) is 0 Å². The average Bonchev–Trinajstić information content (AvgIpc) is 2.86. The molecule has 90 valence electrons. The molecule has 1 aliphatic rings. The molecule has 1 nitrogen and oxygen atoms in total. The molecule has 0 aromatic carbocycles. The van der Waals surface area contributed by atoms with E-state index in [1.54, 1.807) is 0 Å². The van der Waals surface area contributed by atoms with Gasteiger partial charge in [0.05, 0.1) is 0 Å². The molecular formula is C13H21NS2. The Kier molecular flexibility index (Phi) is 4.74. The van der Waals surface area contributed by atoms with Crippen LogP contribution in [0.2, 0.25) is 0 Å². The fraction of sp³-hybridized carbons (Fsp3) is 0.692. The van der Waals surface area contributed by atoms with Crippen LogP contribution in [0.25, 0.3) is 0 Å². The fourth-order valence-electron chi connectivity index (χ4n) is 2.38. The van der Waals surface area contributed by atoms with Crippen molar-refractivity contribution in [3.63, 3.8) is 0 Å². The Bertz CT molecular complexity index is 321. The maximum absolute atomic E-state index is 3.75. The summed E-state index contributed by atoms with van der Waals surface area (Å²) in [5.41, 5.74) is 1.44. The van der Waals surface area contributed by atoms with E-state index in [0.717, 1.165) is 17.8 Å². The molecule has 0 spiro atoms. The Balaban J connectivity index is 1.83. The van der Waals surface area contributed by atoms with Gasteiger partial charge in [-0.1, -0.05) is 13.3 Å². The number of nitrogens with one attached hydrogen (secondary N) is 1. The number of aryl methyl sites for hydroxylation is 1. The van der Waals surface area contributed by atoms with Crippen LogP contribution in [0, 0.1) is 6.92 Å². The molecule has 0 aliphatic heterocycles. The fourth-order valence-corrected chi connectivity index (χ4v) is 4.47. The third kappa shape index (κ3) is 3.02. The van der Waals surface area contributed by atoms with E-state index in [1.165, 1.54) is 35.5 Å². The zero-order chi connectivity index (χ0) is 11.4. The minimum absolute atomic E-state index is 0.742. The maximum Gasteiger partial charge on any atom is 0.0305 e. The van der Waals surface area contributed by atoms with Gasteiger partial charge in [0.15, 0.2) is 0 Å². The van der Waals surface area contributed by atoms with Crippen LogP contribution >= 0.6 is 23.1 Å². The summed E-state index contributed by atoms with van der Waals surface area (Å²) < 4.78 is 0. The minimum atomic E-state index is 0.742. The van der Waals surface area contributed by atoms with E-state index in [2.05, 4.69) is 42.4 Å². The third-order valence-electron chi connectivity index (χ3n) is 3.33. The minimum Gasteiger partial charge on any atom is -0.308 e. The molecule has 0 bridgehead atoms. The van der Waals surface area contributed by atoms with Crippen molar-refractivity contribution in [2.45, 2.75) is 50.9 Å². The van der Waals surface area contributed by atoms with Crippen LogP contribution in [0.4, 0.5) is 0 Å². The molecule has 3 heteroatoms. The Morgan fingerprint density at radius 2 is 2.38 bits per heavy atom. The maximum atomic E-state index is 3.75. The summed E-state index contributed by atoms with van der Waals surface area (Å²) in [6.07, 6.45) is 4.17. The van der Waals surface area contributed by atoms with Crippen molar-refractivity contribution < 1.29 is 0 Å². The molecule has 1 heterocycles. The molecule has 2 atom stereocenters. The molecule has 16 heavy (non-hydrogen) atoms. The highest BCUT2D eigenvalue weighted by Crippen LogP contribution is 2.30. The first-order valence-electron chi connectivity index (χ1n) is 6.19. The van der Waals surface area contributed by atoms with E-state index in [1.807, 2.05) is 11.3 Å². The van der Waals surface area contributed by atoms with Gasteiger partial charge in [-0.3, -0.25) is 0 Å². The Labute approximate surface area is 107 Å². The summed E-state index contributed by atoms with van der Waals surface area (Å²) in [5.74, 6) is 1.25. The van der Waals surface area contributed by atoms with Gasteiger partial charge in [-0.2, -0.15) is 11.8 Å². The van der Waals surface area contributed by atoms with Gasteiger partial charge in [-0.05, 0) is 42.5 Å². The smallest absolute Gasteiger partial charge is 0.0305 e. The number of rotatable bonds is 5. The van der Waals surface area contributed by atoms with Crippen LogP contribution in [-0.4, -0.2) is 17.0 Å². The van der Waals surface area contributed by atoms with Crippen molar-refractivity contribution in [2.75, 3.05) is 5.75 Å². The van der Waals surface area contributed by atoms with Gasteiger partial charge in [-0.15, -0.1) is 11.3 Å². The highest BCUT2D eigenvalue weighted by molar-refractivity contribution is 7.99. The molecule has 1 aromatic heterocycles. The average molecular weight is 255 g/mol. The SMILES string of the molecule is CCSC1CCCC1NCc1sccc1C. The predicted molar refractivity (Wildman–Crippen MR) is 75.5 cm³/mol. The number of thioether (sulfide) groups is 1. The van der Waals surface area contributed by atoms with Gasteiger partial charge in [0.2, 0.25) is 0 Å². The van der Waals surface area contributed by atoms with Crippen LogP contribution in [0.1, 0.15) is 36.6 Å². The first-order valence-corrected chi connectivity index (χ1v) is 8.12. The van der Waals surface area contributed by atoms with Crippen LogP contribution in [0.15, 0.2) is 11.4 Å². The zero-order valence-electron chi connectivity index (χ0n) is 10.2. The van der Waals surface area contributed by atoms with Crippen LogP contribution in [0.5, 0.6) is 0 Å². The molecule has 1 fully saturated rings. The first-order chi connectivity index (χ1) is 7.81. The van der Waals surface area contributed by atoms with Gasteiger partial charge in [-0.25, -0.2) is 0 Å². The van der Waals surface area contributed by atoms with Crippen molar-refractivity contribution in [3.8, 4) is 0 Å². The van der Waals surface area contributed by atoms with Crippen LogP contribution in [0.3, 0.4) is 0 Å². The second-order valence-electron chi connectivity index (χ2n) is 4.44. The molecule has 0 amide bonds. The lowest BCUT2D eigenvalue weighted by molar-refractivity contribution is 0.534. The summed E-state index contributed by atoms with van der Waals surface area (Å²) in [7, 11) is 0. The van der Waals surface area contributed by atoms with Crippen LogP contribution < -0.4 is 5.32 Å². The molecule has 1 saturated carbocycles. The van der Waals surface area contributed by atoms with Gasteiger partial charge in [0.25, 0.3) is 0 Å². The molecular weight excluding hydrogens is 234 g/mol. The monoisotopic (exact) mass is 255 g/mol. The van der Waals surface area contributed by atoms with E-state index in [0.29, 0.717) is 0 Å². The molecule has 1 aliphatic carbocycles. The molecule has 0 radical (unpaired) electrons. The highest BCUT2D eigenvalue weighted by atomic mass is 32.2. The number of hydrogen-bond acceptors (Lipinski definition) is 3. The topological polar surface area (TPSA) is 12.0 Å². The van der Waals surface area contributed by atoms with Gasteiger partial charge in [0.1, 0.15) is 0 Å². The summed E-state index contributed by atoms with van der Waals surface area (Å²) in [4.78, 5) is 1.51. The lowest BCUT2D eigenvalue weighted by Crippen LogP contribution is -2.33.